The number of likely N-dealkylation sites (tertiary alicyclic amines) is 1. The van der Waals surface area contributed by atoms with Gasteiger partial charge < -0.3 is 45.4 Å². The molecule has 2 amide bonds. The minimum absolute atomic E-state index is 0.0102. The van der Waals surface area contributed by atoms with Crippen LogP contribution < -0.4 is 16.5 Å². The van der Waals surface area contributed by atoms with Crippen LogP contribution in [-0.2, 0) is 37.1 Å². The van der Waals surface area contributed by atoms with E-state index in [1.807, 2.05) is 6.92 Å². The van der Waals surface area contributed by atoms with Crippen LogP contribution in [-0.4, -0.2) is 111 Å². The molecule has 17 nitrogen and oxygen atoms in total. The molecule has 0 saturated carbocycles. The number of quaternary nitrogens is 1. The van der Waals surface area contributed by atoms with Gasteiger partial charge in [0.25, 0.3) is 11.8 Å². The number of nitrogens with zero attached hydrogens (tertiary/aromatic N) is 5. The molecule has 21 heteroatoms. The van der Waals surface area contributed by atoms with Gasteiger partial charge in [-0.05, 0) is 20.8 Å². The number of thiazole rings is 1. The standard InChI is InChI=1S/C33H35Cl2N7O10S2/c1-4-40-10-14(24(44)18-16(40)9-17(43)25(45)19(18)34)11-42(7-5-6-8-42)12-15-13-53-29-22(28(47)41(29)23(15)30(48)49)37-27(46)21(20-26(35)54-32(36)38-20)39-52-33(2,3)31(50)51/h9-10,22,29H,4-8,11-13H2,1-3H3,(H6-,36,37,38,39,43,44,45,46,48,49,50,51)/p+1/t22-,29-/m1/s1. The highest BCUT2D eigenvalue weighted by molar-refractivity contribution is 8.00. The van der Waals surface area contributed by atoms with Crippen molar-refractivity contribution in [2.24, 2.45) is 5.16 Å². The summed E-state index contributed by atoms with van der Waals surface area (Å²) in [7, 11) is 0. The molecule has 288 valence electrons. The number of carbonyl (C=O) groups excluding carboxylic acids is 2. The van der Waals surface area contributed by atoms with E-state index in [0.29, 0.717) is 40.8 Å². The van der Waals surface area contributed by atoms with Gasteiger partial charge in [0.05, 0.1) is 34.6 Å². The number of amides is 2. The number of oxime groups is 1. The molecule has 3 aliphatic rings. The Bertz CT molecular complexity index is 2230. The molecule has 3 aliphatic heterocycles. The predicted octanol–water partition coefficient (Wildman–Crippen LogP) is 2.91. The Balaban J connectivity index is 1.28. The van der Waals surface area contributed by atoms with Crippen molar-refractivity contribution in [3.05, 3.63) is 54.4 Å². The molecule has 6 rings (SSSR count). The first-order valence-corrected chi connectivity index (χ1v) is 19.3. The van der Waals surface area contributed by atoms with Crippen LogP contribution in [0, 0.1) is 0 Å². The fourth-order valence-electron chi connectivity index (χ4n) is 6.92. The number of nitrogens with two attached hydrogens (primary N) is 1. The topological polar surface area (TPSA) is 247 Å². The molecule has 7 N–H and O–H groups in total. The van der Waals surface area contributed by atoms with Gasteiger partial charge in [-0.2, -0.15) is 0 Å². The summed E-state index contributed by atoms with van der Waals surface area (Å²) in [4.78, 5) is 75.8. The molecule has 2 atom stereocenters. The molecule has 54 heavy (non-hydrogen) atoms. The molecule has 2 fully saturated rings. The number of rotatable bonds is 12. The van der Waals surface area contributed by atoms with Crippen molar-refractivity contribution < 1.29 is 48.9 Å². The average molecular weight is 826 g/mol. The van der Waals surface area contributed by atoms with Gasteiger partial charge in [-0.1, -0.05) is 39.7 Å². The van der Waals surface area contributed by atoms with Crippen LogP contribution in [0.4, 0.5) is 5.13 Å². The number of aromatic nitrogens is 2. The number of aromatic hydroxyl groups is 2. The fourth-order valence-corrected chi connectivity index (χ4v) is 9.46. The quantitative estimate of drug-likeness (QED) is 0.0507. The highest BCUT2D eigenvalue weighted by atomic mass is 35.5. The molecule has 0 aliphatic carbocycles. The number of fused-ring (bicyclic) bond motifs is 2. The van der Waals surface area contributed by atoms with Gasteiger partial charge in [0.15, 0.2) is 27.8 Å². The Kier molecular flexibility index (Phi) is 10.6. The Morgan fingerprint density at radius 1 is 1.17 bits per heavy atom. The van der Waals surface area contributed by atoms with Crippen molar-refractivity contribution in [2.45, 2.75) is 63.7 Å². The second-order valence-electron chi connectivity index (χ2n) is 13.7. The van der Waals surface area contributed by atoms with E-state index < -0.39 is 63.4 Å². The number of carboxylic acid groups (broad SMARTS) is 2. The summed E-state index contributed by atoms with van der Waals surface area (Å²) in [6.45, 7) is 6.39. The Morgan fingerprint density at radius 3 is 2.44 bits per heavy atom. The number of carbonyl (C=O) groups is 4. The SMILES string of the molecule is CCn1cc(C[N+]2(CC3=C(C(=O)O)N4C(=O)[C@@H](NC(=O)/C(=N\OC(C)(C)C(=O)O)c5nc(N)sc5Cl)[C@H]4SC3)CCCC2)c(=O)c2c(Cl)c(O)c(O)cc21. The van der Waals surface area contributed by atoms with Crippen molar-refractivity contribution >= 4 is 91.8 Å². The number of aryl methyl sites for hydroxylation is 1. The number of anilines is 1. The van der Waals surface area contributed by atoms with Gasteiger partial charge in [0.1, 0.15) is 40.2 Å². The second-order valence-corrected chi connectivity index (χ2v) is 16.8. The third-order valence-corrected chi connectivity index (χ3v) is 12.5. The maximum absolute atomic E-state index is 13.9. The van der Waals surface area contributed by atoms with Gasteiger partial charge in [0, 0.05) is 43.0 Å². The second kappa shape index (κ2) is 14.6. The number of thioether (sulfide) groups is 1. The number of hydrogen-bond donors (Lipinski definition) is 6. The van der Waals surface area contributed by atoms with Crippen molar-refractivity contribution in [3.63, 3.8) is 0 Å². The first-order chi connectivity index (χ1) is 25.4. The van der Waals surface area contributed by atoms with Crippen LogP contribution in [0.2, 0.25) is 9.36 Å². The smallest absolute Gasteiger partial charge is 0.352 e. The van der Waals surface area contributed by atoms with Crippen LogP contribution >= 0.6 is 46.3 Å². The molecule has 1 aromatic carbocycles. The van der Waals surface area contributed by atoms with E-state index in [2.05, 4.69) is 15.5 Å². The van der Waals surface area contributed by atoms with Crippen LogP contribution in [0.1, 0.15) is 44.9 Å². The number of phenols is 2. The van der Waals surface area contributed by atoms with Gasteiger partial charge >= 0.3 is 11.9 Å². The summed E-state index contributed by atoms with van der Waals surface area (Å²) in [5, 5.41) is 45.7. The number of carboxylic acids is 2. The van der Waals surface area contributed by atoms with E-state index in [4.69, 9.17) is 33.8 Å². The van der Waals surface area contributed by atoms with Crippen molar-refractivity contribution in [3.8, 4) is 11.5 Å². The Labute approximate surface area is 325 Å². The molecular weight excluding hydrogens is 789 g/mol. The summed E-state index contributed by atoms with van der Waals surface area (Å²) >= 11 is 14.7. The van der Waals surface area contributed by atoms with E-state index in [-0.39, 0.29) is 50.1 Å². The van der Waals surface area contributed by atoms with Gasteiger partial charge in [-0.25, -0.2) is 14.6 Å². The highest BCUT2D eigenvalue weighted by Crippen LogP contribution is 2.42. The number of benzene rings is 1. The van der Waals surface area contributed by atoms with Gasteiger partial charge in [-0.3, -0.25) is 19.3 Å². The zero-order valence-electron chi connectivity index (χ0n) is 29.1. The Morgan fingerprint density at radius 2 is 1.85 bits per heavy atom. The number of nitrogen functional groups attached to an aromatic ring is 1. The van der Waals surface area contributed by atoms with Crippen molar-refractivity contribution in [2.75, 3.05) is 31.1 Å². The van der Waals surface area contributed by atoms with Gasteiger partial charge in [-0.15, -0.1) is 11.8 Å². The van der Waals surface area contributed by atoms with Crippen LogP contribution in [0.25, 0.3) is 10.9 Å². The normalized spacial score (nSPS) is 19.8. The lowest BCUT2D eigenvalue weighted by Crippen LogP contribution is -2.71. The number of nitrogens with one attached hydrogen (secondary N) is 1. The van der Waals surface area contributed by atoms with Crippen LogP contribution in [0.15, 0.2) is 33.5 Å². The Hall–Kier alpha value is -4.56. The lowest BCUT2D eigenvalue weighted by Gasteiger charge is -2.50. The average Bonchev–Trinajstić information content (AvgIpc) is 3.71. The van der Waals surface area contributed by atoms with E-state index in [1.165, 1.54) is 31.7 Å². The van der Waals surface area contributed by atoms with Crippen LogP contribution in [0.3, 0.4) is 0 Å². The molecule has 0 radical (unpaired) electrons. The lowest BCUT2D eigenvalue weighted by molar-refractivity contribution is -0.925. The van der Waals surface area contributed by atoms with Crippen molar-refractivity contribution in [1.82, 2.24) is 19.8 Å². The van der Waals surface area contributed by atoms with Gasteiger partial charge in [0.2, 0.25) is 5.60 Å². The van der Waals surface area contributed by atoms with E-state index >= 15 is 0 Å². The molecule has 2 saturated heterocycles. The third kappa shape index (κ3) is 6.94. The first kappa shape index (κ1) is 39.1. The summed E-state index contributed by atoms with van der Waals surface area (Å²) in [6.07, 6.45) is 3.33. The van der Waals surface area contributed by atoms with E-state index in [1.54, 1.807) is 10.8 Å². The number of pyridine rings is 1. The zero-order chi connectivity index (χ0) is 39.4. The maximum Gasteiger partial charge on any atom is 0.352 e. The number of halogens is 2. The summed E-state index contributed by atoms with van der Waals surface area (Å²) in [5.74, 6) is -5.23. The lowest BCUT2D eigenvalue weighted by atomic mass is 10.0. The molecule has 3 aromatic rings. The van der Waals surface area contributed by atoms with Crippen molar-refractivity contribution in [1.29, 1.82) is 0 Å². The first-order valence-electron chi connectivity index (χ1n) is 16.6. The minimum atomic E-state index is -1.85. The summed E-state index contributed by atoms with van der Waals surface area (Å²) in [5.41, 5.74) is 3.80. The predicted molar refractivity (Wildman–Crippen MR) is 201 cm³/mol. The molecule has 0 unspecified atom stereocenters. The maximum atomic E-state index is 13.9. The number of β-lactam (4-membered cyclic amide) rings is 1. The third-order valence-electron chi connectivity index (χ3n) is 9.69. The van der Waals surface area contributed by atoms with E-state index in [0.717, 1.165) is 29.1 Å². The monoisotopic (exact) mass is 824 g/mol. The number of phenolic OH excluding ortho intramolecular Hbond substituents is 2. The molecule has 0 spiro atoms. The minimum Gasteiger partial charge on any atom is -0.504 e. The summed E-state index contributed by atoms with van der Waals surface area (Å²) < 4.78 is 2.05. The molecule has 5 heterocycles. The van der Waals surface area contributed by atoms with Crippen LogP contribution in [0.5, 0.6) is 11.5 Å². The summed E-state index contributed by atoms with van der Waals surface area (Å²) in [6, 6.07) is 0.0997. The molecule has 2 aromatic heterocycles. The number of aliphatic carboxylic acids is 2. The fraction of sp³-hybridized carbons (Fsp3) is 0.424. The molecule has 0 bridgehead atoms. The largest absolute Gasteiger partial charge is 0.504 e. The molecular formula is C33H36Cl2N7O10S2+. The number of hydrogen-bond acceptors (Lipinski definition) is 13. The van der Waals surface area contributed by atoms with E-state index in [9.17, 15) is 44.4 Å². The zero-order valence-corrected chi connectivity index (χ0v) is 32.2. The highest BCUT2D eigenvalue weighted by Gasteiger charge is 2.55.